The van der Waals surface area contributed by atoms with Crippen LogP contribution in [0.5, 0.6) is 0 Å². The van der Waals surface area contributed by atoms with Crippen molar-refractivity contribution in [3.05, 3.63) is 41.3 Å². The number of primary amides is 1. The molecule has 0 unspecified atom stereocenters. The van der Waals surface area contributed by atoms with Crippen LogP contribution in [0.1, 0.15) is 16.1 Å². The quantitative estimate of drug-likeness (QED) is 0.880. The van der Waals surface area contributed by atoms with Gasteiger partial charge in [0.05, 0.1) is 16.9 Å². The number of hydrogen-bond acceptors (Lipinski definition) is 4. The number of anilines is 2. The Bertz CT molecular complexity index is 568. The van der Waals surface area contributed by atoms with Crippen LogP contribution >= 0.6 is 11.5 Å². The summed E-state index contributed by atoms with van der Waals surface area (Å²) in [6, 6.07) is 5.69. The highest BCUT2D eigenvalue weighted by Gasteiger charge is 2.10. The number of hydrogen-bond donors (Lipinski definition) is 2. The Balaban J connectivity index is 2.35. The smallest absolute Gasteiger partial charge is 0.250 e. The summed E-state index contributed by atoms with van der Waals surface area (Å²) in [5, 5.41) is 3.77. The molecule has 0 bridgehead atoms. The number of nitrogens with zero attached hydrogens (tertiary/aromatic N) is 1. The molecule has 2 rings (SSSR count). The van der Waals surface area contributed by atoms with Crippen molar-refractivity contribution in [2.45, 2.75) is 6.92 Å². The fraction of sp³-hybridized carbons (Fsp3) is 0.0909. The summed E-state index contributed by atoms with van der Waals surface area (Å²) in [6.07, 6.45) is 0. The predicted octanol–water partition coefficient (Wildman–Crippen LogP) is 2.43. The highest BCUT2D eigenvalue weighted by Crippen LogP contribution is 2.24. The van der Waals surface area contributed by atoms with Crippen molar-refractivity contribution in [2.24, 2.45) is 5.73 Å². The summed E-state index contributed by atoms with van der Waals surface area (Å²) >= 11 is 1.26. The van der Waals surface area contributed by atoms with E-state index < -0.39 is 11.7 Å². The monoisotopic (exact) mass is 251 g/mol. The normalized spacial score (nSPS) is 10.2. The zero-order chi connectivity index (χ0) is 12.4. The Morgan fingerprint density at radius 3 is 2.82 bits per heavy atom. The zero-order valence-corrected chi connectivity index (χ0v) is 9.84. The summed E-state index contributed by atoms with van der Waals surface area (Å²) in [6.45, 7) is 1.86. The molecule has 0 saturated carbocycles. The molecule has 1 amide bonds. The molecule has 0 aliphatic rings. The highest BCUT2D eigenvalue weighted by atomic mass is 32.1. The lowest BCUT2D eigenvalue weighted by Gasteiger charge is -2.07. The number of nitrogens with one attached hydrogen (secondary N) is 1. The Labute approximate surface area is 101 Å². The molecular formula is C11H10FN3OS. The van der Waals surface area contributed by atoms with E-state index in [1.807, 2.05) is 13.0 Å². The fourth-order valence-electron chi connectivity index (χ4n) is 1.38. The van der Waals surface area contributed by atoms with Gasteiger partial charge in [-0.05, 0) is 42.7 Å². The maximum absolute atomic E-state index is 13.0. The molecule has 88 valence electrons. The largest absolute Gasteiger partial charge is 0.366 e. The van der Waals surface area contributed by atoms with Gasteiger partial charge in [-0.15, -0.1) is 0 Å². The number of benzene rings is 1. The highest BCUT2D eigenvalue weighted by molar-refractivity contribution is 7.10. The molecule has 0 atom stereocenters. The number of halogens is 1. The molecule has 1 heterocycles. The number of aryl methyl sites for hydroxylation is 1. The molecule has 0 aliphatic carbocycles. The van der Waals surface area contributed by atoms with E-state index in [2.05, 4.69) is 9.69 Å². The SMILES string of the molecule is Cc1cc(Nc2ccc(F)cc2C(N)=O)sn1. The molecule has 0 fully saturated rings. The standard InChI is InChI=1S/C11H10FN3OS/c1-6-4-10(17-15-6)14-9-3-2-7(12)5-8(9)11(13)16/h2-5,14H,1H3,(H2,13,16). The Kier molecular flexibility index (Phi) is 3.06. The molecule has 4 nitrogen and oxygen atoms in total. The molecule has 2 aromatic rings. The predicted molar refractivity (Wildman–Crippen MR) is 65.1 cm³/mol. The summed E-state index contributed by atoms with van der Waals surface area (Å²) in [7, 11) is 0. The van der Waals surface area contributed by atoms with Crippen molar-refractivity contribution >= 4 is 28.1 Å². The first-order valence-corrected chi connectivity index (χ1v) is 5.63. The first-order valence-electron chi connectivity index (χ1n) is 4.86. The van der Waals surface area contributed by atoms with Gasteiger partial charge in [0.25, 0.3) is 5.91 Å². The molecule has 17 heavy (non-hydrogen) atoms. The average molecular weight is 251 g/mol. The van der Waals surface area contributed by atoms with E-state index in [0.717, 1.165) is 16.8 Å². The van der Waals surface area contributed by atoms with Crippen molar-refractivity contribution in [3.63, 3.8) is 0 Å². The van der Waals surface area contributed by atoms with E-state index in [-0.39, 0.29) is 5.56 Å². The number of carbonyl (C=O) groups is 1. The van der Waals surface area contributed by atoms with Gasteiger partial charge in [0.2, 0.25) is 0 Å². The molecule has 3 N–H and O–H groups in total. The molecule has 0 aliphatic heterocycles. The fourth-order valence-corrected chi connectivity index (χ4v) is 2.06. The number of nitrogens with two attached hydrogens (primary N) is 1. The third-order valence-corrected chi connectivity index (χ3v) is 2.93. The third-order valence-electron chi connectivity index (χ3n) is 2.13. The van der Waals surface area contributed by atoms with Crippen molar-refractivity contribution in [2.75, 3.05) is 5.32 Å². The molecule has 1 aromatic carbocycles. The molecule has 1 aromatic heterocycles. The van der Waals surface area contributed by atoms with Crippen LogP contribution in [0.15, 0.2) is 24.3 Å². The lowest BCUT2D eigenvalue weighted by molar-refractivity contribution is 0.100. The van der Waals surface area contributed by atoms with Crippen LogP contribution in [0.2, 0.25) is 0 Å². The summed E-state index contributed by atoms with van der Waals surface area (Å²) < 4.78 is 17.1. The first-order chi connectivity index (χ1) is 8.06. The van der Waals surface area contributed by atoms with Crippen LogP contribution in [0, 0.1) is 12.7 Å². The minimum Gasteiger partial charge on any atom is -0.366 e. The van der Waals surface area contributed by atoms with Gasteiger partial charge >= 0.3 is 0 Å². The lowest BCUT2D eigenvalue weighted by Crippen LogP contribution is -2.13. The van der Waals surface area contributed by atoms with Crippen molar-refractivity contribution < 1.29 is 9.18 Å². The van der Waals surface area contributed by atoms with Gasteiger partial charge in [0, 0.05) is 0 Å². The van der Waals surface area contributed by atoms with Gasteiger partial charge in [0.15, 0.2) is 0 Å². The van der Waals surface area contributed by atoms with E-state index in [0.29, 0.717) is 5.69 Å². The van der Waals surface area contributed by atoms with Crippen LogP contribution in [0.3, 0.4) is 0 Å². The Hall–Kier alpha value is -1.95. The van der Waals surface area contributed by atoms with Crippen molar-refractivity contribution in [1.29, 1.82) is 0 Å². The van der Waals surface area contributed by atoms with E-state index in [4.69, 9.17) is 5.73 Å². The van der Waals surface area contributed by atoms with E-state index in [1.165, 1.54) is 23.7 Å². The van der Waals surface area contributed by atoms with Gasteiger partial charge in [-0.2, -0.15) is 4.37 Å². The molecule has 6 heteroatoms. The van der Waals surface area contributed by atoms with Gasteiger partial charge in [-0.25, -0.2) is 4.39 Å². The Morgan fingerprint density at radius 1 is 1.47 bits per heavy atom. The molecule has 0 saturated heterocycles. The minimum absolute atomic E-state index is 0.121. The van der Waals surface area contributed by atoms with Crippen LogP contribution in [0.4, 0.5) is 15.1 Å². The van der Waals surface area contributed by atoms with Gasteiger partial charge in [-0.3, -0.25) is 4.79 Å². The number of amides is 1. The number of aromatic nitrogens is 1. The minimum atomic E-state index is -0.673. The zero-order valence-electron chi connectivity index (χ0n) is 9.03. The van der Waals surface area contributed by atoms with Crippen molar-refractivity contribution in [3.8, 4) is 0 Å². The second-order valence-corrected chi connectivity index (χ2v) is 4.32. The first kappa shape index (κ1) is 11.5. The molecule has 0 spiro atoms. The average Bonchev–Trinajstić information content (AvgIpc) is 2.66. The topological polar surface area (TPSA) is 68.0 Å². The van der Waals surface area contributed by atoms with Gasteiger partial charge in [0.1, 0.15) is 10.8 Å². The maximum atomic E-state index is 13.0. The van der Waals surface area contributed by atoms with Crippen LogP contribution < -0.4 is 11.1 Å². The summed E-state index contributed by atoms with van der Waals surface area (Å²) in [5.74, 6) is -1.17. The third kappa shape index (κ3) is 2.59. The van der Waals surface area contributed by atoms with E-state index in [9.17, 15) is 9.18 Å². The van der Waals surface area contributed by atoms with Gasteiger partial charge in [-0.1, -0.05) is 0 Å². The second kappa shape index (κ2) is 4.50. The van der Waals surface area contributed by atoms with Crippen molar-refractivity contribution in [1.82, 2.24) is 4.37 Å². The molecular weight excluding hydrogens is 241 g/mol. The van der Waals surface area contributed by atoms with E-state index in [1.54, 1.807) is 0 Å². The second-order valence-electron chi connectivity index (χ2n) is 3.51. The number of carbonyl (C=O) groups excluding carboxylic acids is 1. The van der Waals surface area contributed by atoms with Crippen LogP contribution in [0.25, 0.3) is 0 Å². The lowest BCUT2D eigenvalue weighted by atomic mass is 10.1. The van der Waals surface area contributed by atoms with E-state index >= 15 is 0 Å². The molecule has 0 radical (unpaired) electrons. The summed E-state index contributed by atoms with van der Waals surface area (Å²) in [4.78, 5) is 11.2. The van der Waals surface area contributed by atoms with Crippen LogP contribution in [-0.4, -0.2) is 10.3 Å². The summed E-state index contributed by atoms with van der Waals surface area (Å²) in [5.41, 5.74) is 6.66. The number of rotatable bonds is 3. The maximum Gasteiger partial charge on any atom is 0.250 e. The van der Waals surface area contributed by atoms with Crippen LogP contribution in [-0.2, 0) is 0 Å². The van der Waals surface area contributed by atoms with Gasteiger partial charge < -0.3 is 11.1 Å². The Morgan fingerprint density at radius 2 is 2.24 bits per heavy atom.